The number of imide groups is 1. The summed E-state index contributed by atoms with van der Waals surface area (Å²) in [5.41, 5.74) is 1.84. The summed E-state index contributed by atoms with van der Waals surface area (Å²) in [6.07, 6.45) is 1.46. The van der Waals surface area contributed by atoms with Crippen molar-refractivity contribution < 1.29 is 18.9 Å². The van der Waals surface area contributed by atoms with E-state index in [4.69, 9.17) is 16.0 Å². The predicted molar refractivity (Wildman–Crippen MR) is 114 cm³/mol. The van der Waals surface area contributed by atoms with Crippen molar-refractivity contribution in [3.05, 3.63) is 98.6 Å². The molecule has 4 rings (SSSR count). The summed E-state index contributed by atoms with van der Waals surface area (Å²) in [6, 6.07) is 14.0. The molecule has 2 heterocycles. The number of hydrogen-bond donors (Lipinski definition) is 1. The number of nitrogens with one attached hydrogen (secondary N) is 1. The van der Waals surface area contributed by atoms with Crippen LogP contribution in [0.1, 0.15) is 16.9 Å². The molecule has 3 aromatic rings. The Labute approximate surface area is 181 Å². The first-order chi connectivity index (χ1) is 14.8. The van der Waals surface area contributed by atoms with Crippen molar-refractivity contribution in [1.29, 1.82) is 0 Å². The molecule has 0 unspecified atom stereocenters. The van der Waals surface area contributed by atoms with Gasteiger partial charge in [0.1, 0.15) is 11.5 Å². The van der Waals surface area contributed by atoms with Crippen LogP contribution >= 0.6 is 11.6 Å². The number of rotatable bonds is 6. The van der Waals surface area contributed by atoms with Crippen LogP contribution in [0.25, 0.3) is 5.57 Å². The number of carbonyl (C=O) groups excluding carboxylic acids is 2. The summed E-state index contributed by atoms with van der Waals surface area (Å²) in [5.74, 6) is -0.614. The fourth-order valence-electron chi connectivity index (χ4n) is 3.28. The molecule has 2 aromatic carbocycles. The number of hydrogen-bond acceptors (Lipinski definition) is 6. The van der Waals surface area contributed by atoms with Gasteiger partial charge in [0.05, 0.1) is 23.3 Å². The highest BCUT2D eigenvalue weighted by Crippen LogP contribution is 2.33. The molecule has 0 saturated carbocycles. The van der Waals surface area contributed by atoms with E-state index < -0.39 is 16.7 Å². The van der Waals surface area contributed by atoms with Crippen LogP contribution < -0.4 is 5.32 Å². The maximum atomic E-state index is 13.2. The quantitative estimate of drug-likeness (QED) is 0.344. The SMILES string of the molecule is Cc1ccc(Cl)cc1NC1=C(c2ccc([N+](=O)[O-])cc2)C(=O)N(Cc2ccco2)C1=O. The fraction of sp³-hybridized carbons (Fsp3) is 0.0909. The lowest BCUT2D eigenvalue weighted by molar-refractivity contribution is -0.384. The molecule has 1 aromatic heterocycles. The van der Waals surface area contributed by atoms with Gasteiger partial charge in [-0.1, -0.05) is 17.7 Å². The molecule has 0 saturated heterocycles. The number of anilines is 1. The number of halogens is 1. The summed E-state index contributed by atoms with van der Waals surface area (Å²) in [5, 5.41) is 14.5. The largest absolute Gasteiger partial charge is 0.467 e. The highest BCUT2D eigenvalue weighted by molar-refractivity contribution is 6.36. The van der Waals surface area contributed by atoms with E-state index in [0.717, 1.165) is 10.5 Å². The van der Waals surface area contributed by atoms with Crippen molar-refractivity contribution in [3.63, 3.8) is 0 Å². The molecular weight excluding hydrogens is 422 g/mol. The van der Waals surface area contributed by atoms with E-state index in [1.54, 1.807) is 30.3 Å². The van der Waals surface area contributed by atoms with Crippen molar-refractivity contribution in [2.45, 2.75) is 13.5 Å². The average Bonchev–Trinajstić information content (AvgIpc) is 3.34. The van der Waals surface area contributed by atoms with E-state index in [1.165, 1.54) is 30.5 Å². The zero-order valence-corrected chi connectivity index (χ0v) is 17.1. The lowest BCUT2D eigenvalue weighted by Crippen LogP contribution is -2.31. The van der Waals surface area contributed by atoms with Gasteiger partial charge in [0.2, 0.25) is 0 Å². The lowest BCUT2D eigenvalue weighted by atomic mass is 10.0. The van der Waals surface area contributed by atoms with Gasteiger partial charge in [-0.05, 0) is 54.4 Å². The first-order valence-corrected chi connectivity index (χ1v) is 9.64. The van der Waals surface area contributed by atoms with E-state index >= 15 is 0 Å². The topological polar surface area (TPSA) is 106 Å². The number of carbonyl (C=O) groups is 2. The van der Waals surface area contributed by atoms with Crippen LogP contribution in [0.2, 0.25) is 5.02 Å². The second kappa shape index (κ2) is 8.08. The fourth-order valence-corrected chi connectivity index (χ4v) is 3.45. The Bertz CT molecular complexity index is 1220. The maximum Gasteiger partial charge on any atom is 0.278 e. The Morgan fingerprint density at radius 1 is 1.10 bits per heavy atom. The number of benzene rings is 2. The molecular formula is C22H16ClN3O5. The zero-order chi connectivity index (χ0) is 22.1. The van der Waals surface area contributed by atoms with Crippen LogP contribution in [0.5, 0.6) is 0 Å². The van der Waals surface area contributed by atoms with Gasteiger partial charge in [-0.25, -0.2) is 0 Å². The lowest BCUT2D eigenvalue weighted by Gasteiger charge is -2.14. The number of non-ortho nitro benzene ring substituents is 1. The predicted octanol–water partition coefficient (Wildman–Crippen LogP) is 4.54. The average molecular weight is 438 g/mol. The molecule has 0 bridgehead atoms. The molecule has 0 fully saturated rings. The van der Waals surface area contributed by atoms with Gasteiger partial charge in [0, 0.05) is 22.8 Å². The third-order valence-electron chi connectivity index (χ3n) is 4.89. The Morgan fingerprint density at radius 2 is 1.84 bits per heavy atom. The van der Waals surface area contributed by atoms with Gasteiger partial charge >= 0.3 is 0 Å². The molecule has 1 aliphatic rings. The van der Waals surface area contributed by atoms with Crippen molar-refractivity contribution in [3.8, 4) is 0 Å². The standard InChI is InChI=1S/C22H16ClN3O5/c1-13-4-7-15(23)11-18(13)24-20-19(14-5-8-16(9-6-14)26(29)30)21(27)25(22(20)28)12-17-3-2-10-31-17/h2-11,24H,12H2,1H3. The van der Waals surface area contributed by atoms with Gasteiger partial charge in [-0.2, -0.15) is 0 Å². The van der Waals surface area contributed by atoms with Crippen LogP contribution in [0, 0.1) is 17.0 Å². The minimum atomic E-state index is -0.533. The first-order valence-electron chi connectivity index (χ1n) is 9.26. The minimum Gasteiger partial charge on any atom is -0.467 e. The summed E-state index contributed by atoms with van der Waals surface area (Å²) >= 11 is 6.10. The molecule has 1 aliphatic heterocycles. The number of nitro benzene ring substituents is 1. The zero-order valence-electron chi connectivity index (χ0n) is 16.3. The third-order valence-corrected chi connectivity index (χ3v) is 5.12. The monoisotopic (exact) mass is 437 g/mol. The van der Waals surface area contributed by atoms with Crippen molar-refractivity contribution in [1.82, 2.24) is 4.90 Å². The number of amides is 2. The van der Waals surface area contributed by atoms with Gasteiger partial charge in [0.25, 0.3) is 17.5 Å². The molecule has 0 radical (unpaired) electrons. The molecule has 9 heteroatoms. The summed E-state index contributed by atoms with van der Waals surface area (Å²) in [6.45, 7) is 1.80. The Hall–Kier alpha value is -3.91. The van der Waals surface area contributed by atoms with E-state index in [1.807, 2.05) is 6.92 Å². The highest BCUT2D eigenvalue weighted by atomic mass is 35.5. The Balaban J connectivity index is 1.78. The number of nitro groups is 1. The van der Waals surface area contributed by atoms with Crippen LogP contribution in [0.15, 0.2) is 71.0 Å². The van der Waals surface area contributed by atoms with Crippen molar-refractivity contribution >= 4 is 40.4 Å². The first kappa shape index (κ1) is 20.4. The Morgan fingerprint density at radius 3 is 2.48 bits per heavy atom. The smallest absolute Gasteiger partial charge is 0.278 e. The van der Waals surface area contributed by atoms with E-state index in [0.29, 0.717) is 22.0 Å². The van der Waals surface area contributed by atoms with Crippen LogP contribution in [0.4, 0.5) is 11.4 Å². The molecule has 1 N–H and O–H groups in total. The second-order valence-corrected chi connectivity index (χ2v) is 7.35. The molecule has 0 aliphatic carbocycles. The molecule has 0 atom stereocenters. The van der Waals surface area contributed by atoms with Gasteiger partial charge in [0.15, 0.2) is 0 Å². The summed E-state index contributed by atoms with van der Waals surface area (Å²) in [7, 11) is 0. The van der Waals surface area contributed by atoms with Crippen molar-refractivity contribution in [2.24, 2.45) is 0 Å². The number of furan rings is 1. The summed E-state index contributed by atoms with van der Waals surface area (Å²) < 4.78 is 5.29. The number of aryl methyl sites for hydroxylation is 1. The Kier molecular flexibility index (Phi) is 5.31. The van der Waals surface area contributed by atoms with E-state index in [2.05, 4.69) is 5.32 Å². The third kappa shape index (κ3) is 3.93. The van der Waals surface area contributed by atoms with Crippen LogP contribution in [-0.2, 0) is 16.1 Å². The number of nitrogens with zero attached hydrogens (tertiary/aromatic N) is 2. The van der Waals surface area contributed by atoms with E-state index in [-0.39, 0.29) is 23.5 Å². The molecule has 2 amide bonds. The molecule has 31 heavy (non-hydrogen) atoms. The van der Waals surface area contributed by atoms with Crippen molar-refractivity contribution in [2.75, 3.05) is 5.32 Å². The summed E-state index contributed by atoms with van der Waals surface area (Å²) in [4.78, 5) is 37.9. The van der Waals surface area contributed by atoms with Gasteiger partial charge < -0.3 is 9.73 Å². The molecule has 156 valence electrons. The normalized spacial score (nSPS) is 13.8. The van der Waals surface area contributed by atoms with Gasteiger partial charge in [-0.15, -0.1) is 0 Å². The molecule has 0 spiro atoms. The van der Waals surface area contributed by atoms with Crippen LogP contribution in [-0.4, -0.2) is 21.6 Å². The maximum absolute atomic E-state index is 13.2. The van der Waals surface area contributed by atoms with E-state index in [9.17, 15) is 19.7 Å². The highest BCUT2D eigenvalue weighted by Gasteiger charge is 2.40. The van der Waals surface area contributed by atoms with Gasteiger partial charge in [-0.3, -0.25) is 24.6 Å². The van der Waals surface area contributed by atoms with Crippen LogP contribution in [0.3, 0.4) is 0 Å². The second-order valence-electron chi connectivity index (χ2n) is 6.91. The molecule has 8 nitrogen and oxygen atoms in total. The minimum absolute atomic E-state index is 0.0408.